The minimum Gasteiger partial charge on any atom is -0.351 e. The summed E-state index contributed by atoms with van der Waals surface area (Å²) in [6, 6.07) is -0.420. The van der Waals surface area contributed by atoms with Gasteiger partial charge >= 0.3 is 0 Å². The lowest BCUT2D eigenvalue weighted by Crippen LogP contribution is -2.39. The third-order valence-corrected chi connectivity index (χ3v) is 4.36. The average molecular weight is 359 g/mol. The van der Waals surface area contributed by atoms with Gasteiger partial charge in [-0.1, -0.05) is 13.8 Å². The lowest BCUT2D eigenvalue weighted by Gasteiger charge is -2.21. The van der Waals surface area contributed by atoms with Gasteiger partial charge in [-0.2, -0.15) is 5.10 Å². The molecule has 9 nitrogen and oxygen atoms in total. The minimum absolute atomic E-state index is 0.00190. The fourth-order valence-corrected chi connectivity index (χ4v) is 3.25. The fourth-order valence-electron chi connectivity index (χ4n) is 3.25. The predicted molar refractivity (Wildman–Crippen MR) is 94.1 cm³/mol. The van der Waals surface area contributed by atoms with E-state index in [0.717, 1.165) is 0 Å². The van der Waals surface area contributed by atoms with E-state index in [4.69, 9.17) is 0 Å². The van der Waals surface area contributed by atoms with Gasteiger partial charge in [0, 0.05) is 32.3 Å². The monoisotopic (exact) mass is 359 g/mol. The first kappa shape index (κ1) is 18.1. The molecule has 2 amide bonds. The molecule has 0 radical (unpaired) electrons. The van der Waals surface area contributed by atoms with E-state index in [-0.39, 0.29) is 29.8 Å². The van der Waals surface area contributed by atoms with E-state index in [1.54, 1.807) is 22.0 Å². The number of hydrogen-bond donors (Lipinski definition) is 2. The normalized spacial score (nSPS) is 20.0. The van der Waals surface area contributed by atoms with Crippen LogP contribution >= 0.6 is 0 Å². The van der Waals surface area contributed by atoms with Crippen molar-refractivity contribution in [3.05, 3.63) is 29.9 Å². The van der Waals surface area contributed by atoms with Crippen molar-refractivity contribution < 1.29 is 9.59 Å². The van der Waals surface area contributed by atoms with E-state index >= 15 is 0 Å². The molecule has 0 bridgehead atoms. The van der Waals surface area contributed by atoms with Gasteiger partial charge < -0.3 is 14.8 Å². The van der Waals surface area contributed by atoms with E-state index in [1.807, 2.05) is 27.8 Å². The molecule has 26 heavy (non-hydrogen) atoms. The smallest absolute Gasteiger partial charge is 0.274 e. The third-order valence-electron chi connectivity index (χ3n) is 4.36. The Morgan fingerprint density at radius 3 is 2.77 bits per heavy atom. The summed E-state index contributed by atoms with van der Waals surface area (Å²) in [4.78, 5) is 35.3. The van der Waals surface area contributed by atoms with Gasteiger partial charge in [0.05, 0.1) is 12.4 Å². The van der Waals surface area contributed by atoms with Gasteiger partial charge in [0.1, 0.15) is 11.5 Å². The van der Waals surface area contributed by atoms with Gasteiger partial charge in [-0.25, -0.2) is 9.97 Å². The number of aromatic nitrogens is 5. The Kier molecular flexibility index (Phi) is 5.06. The highest BCUT2D eigenvalue weighted by molar-refractivity contribution is 5.92. The molecule has 1 fully saturated rings. The molecule has 2 aromatic rings. The number of amides is 2. The molecule has 140 valence electrons. The molecule has 2 atom stereocenters. The Labute approximate surface area is 152 Å². The number of likely N-dealkylation sites (tertiary alicyclic amines) is 1. The predicted octanol–water partition coefficient (Wildman–Crippen LogP) is 0.965. The van der Waals surface area contributed by atoms with Crippen LogP contribution in [0, 0.1) is 12.8 Å². The van der Waals surface area contributed by atoms with Crippen LogP contribution in [0.1, 0.15) is 54.9 Å². The summed E-state index contributed by atoms with van der Waals surface area (Å²) in [7, 11) is 1.82. The van der Waals surface area contributed by atoms with Crippen LogP contribution in [-0.2, 0) is 11.8 Å². The van der Waals surface area contributed by atoms with Gasteiger partial charge in [0.15, 0.2) is 5.82 Å². The molecule has 9 heteroatoms. The Bertz CT molecular complexity index is 795. The zero-order valence-corrected chi connectivity index (χ0v) is 15.6. The maximum Gasteiger partial charge on any atom is 0.274 e. The first-order chi connectivity index (χ1) is 12.3. The number of H-pyrrole nitrogens is 1. The molecular weight excluding hydrogens is 334 g/mol. The van der Waals surface area contributed by atoms with Crippen molar-refractivity contribution >= 4 is 11.8 Å². The van der Waals surface area contributed by atoms with Gasteiger partial charge in [-0.15, -0.1) is 0 Å². The average Bonchev–Trinajstić information content (AvgIpc) is 3.25. The first-order valence-corrected chi connectivity index (χ1v) is 8.80. The van der Waals surface area contributed by atoms with Crippen molar-refractivity contribution in [2.24, 2.45) is 13.0 Å². The van der Waals surface area contributed by atoms with Crippen molar-refractivity contribution in [1.29, 1.82) is 0 Å². The van der Waals surface area contributed by atoms with E-state index in [1.165, 1.54) is 0 Å². The molecule has 1 aliphatic rings. The number of nitrogens with one attached hydrogen (secondary N) is 2. The minimum atomic E-state index is -0.293. The maximum absolute atomic E-state index is 12.9. The number of nitrogens with zero attached hydrogens (tertiary/aromatic N) is 5. The highest BCUT2D eigenvalue weighted by Crippen LogP contribution is 2.31. The lowest BCUT2D eigenvalue weighted by atomic mass is 10.1. The number of carbonyl (C=O) groups is 2. The summed E-state index contributed by atoms with van der Waals surface area (Å²) in [5, 5.41) is 10.1. The summed E-state index contributed by atoms with van der Waals surface area (Å²) in [6.45, 7) is 6.24. The Balaban J connectivity index is 1.79. The van der Waals surface area contributed by atoms with E-state index in [0.29, 0.717) is 36.7 Å². The topological polar surface area (TPSA) is 109 Å². The number of hydrogen-bond acceptors (Lipinski definition) is 5. The molecule has 3 heterocycles. The summed E-state index contributed by atoms with van der Waals surface area (Å²) >= 11 is 0. The van der Waals surface area contributed by atoms with E-state index in [9.17, 15) is 9.59 Å². The van der Waals surface area contributed by atoms with E-state index in [2.05, 4.69) is 25.5 Å². The molecule has 0 saturated carbocycles. The second-order valence-electron chi connectivity index (χ2n) is 7.27. The van der Waals surface area contributed by atoms with Crippen molar-refractivity contribution in [2.45, 2.75) is 45.7 Å². The number of rotatable bonds is 5. The van der Waals surface area contributed by atoms with Crippen LogP contribution in [0.2, 0.25) is 0 Å². The summed E-state index contributed by atoms with van der Waals surface area (Å²) in [5.74, 6) is 1.36. The Morgan fingerprint density at radius 2 is 2.19 bits per heavy atom. The second-order valence-corrected chi connectivity index (χ2v) is 7.27. The van der Waals surface area contributed by atoms with Crippen molar-refractivity contribution in [1.82, 2.24) is 34.9 Å². The van der Waals surface area contributed by atoms with E-state index < -0.39 is 0 Å². The molecule has 1 saturated heterocycles. The number of aryl methyl sites for hydroxylation is 2. The summed E-state index contributed by atoms with van der Waals surface area (Å²) in [5.41, 5.74) is 0.374. The quantitative estimate of drug-likeness (QED) is 0.827. The van der Waals surface area contributed by atoms with Crippen LogP contribution < -0.4 is 5.32 Å². The van der Waals surface area contributed by atoms with Gasteiger partial charge in [0.2, 0.25) is 5.91 Å². The maximum atomic E-state index is 12.9. The van der Waals surface area contributed by atoms with Crippen LogP contribution in [-0.4, -0.2) is 54.0 Å². The highest BCUT2D eigenvalue weighted by atomic mass is 16.2. The number of carbonyl (C=O) groups excluding carboxylic acids is 2. The molecule has 2 N–H and O–H groups in total. The van der Waals surface area contributed by atoms with Gasteiger partial charge in [-0.3, -0.25) is 14.7 Å². The van der Waals surface area contributed by atoms with Crippen LogP contribution in [0.4, 0.5) is 0 Å². The molecule has 0 unspecified atom stereocenters. The first-order valence-electron chi connectivity index (χ1n) is 8.80. The van der Waals surface area contributed by atoms with Crippen LogP contribution in [0.25, 0.3) is 0 Å². The third kappa shape index (κ3) is 3.92. The van der Waals surface area contributed by atoms with Crippen molar-refractivity contribution in [3.63, 3.8) is 0 Å². The zero-order chi connectivity index (χ0) is 18.8. The van der Waals surface area contributed by atoms with Crippen molar-refractivity contribution in [2.75, 3.05) is 6.54 Å². The van der Waals surface area contributed by atoms with Crippen LogP contribution in [0.5, 0.6) is 0 Å². The molecular formula is C17H25N7O2. The van der Waals surface area contributed by atoms with Crippen LogP contribution in [0.15, 0.2) is 12.5 Å². The standard InChI is InChI=1S/C17H25N7O2/c1-10(2)5-15(25)20-12-6-14(16-19-11(3)21-22-16)24(7-12)17(26)13-8-23(4)9-18-13/h8-10,12,14H,5-7H2,1-4H3,(H,20,25)(H,19,21,22)/t12-,14-/m0/s1. The largest absolute Gasteiger partial charge is 0.351 e. The summed E-state index contributed by atoms with van der Waals surface area (Å²) in [6.07, 6.45) is 4.33. The van der Waals surface area contributed by atoms with Gasteiger partial charge in [0.25, 0.3) is 5.91 Å². The fraction of sp³-hybridized carbons (Fsp3) is 0.588. The lowest BCUT2D eigenvalue weighted by molar-refractivity contribution is -0.122. The molecule has 0 aromatic carbocycles. The molecule has 0 spiro atoms. The summed E-state index contributed by atoms with van der Waals surface area (Å²) < 4.78 is 1.73. The van der Waals surface area contributed by atoms with Gasteiger partial charge in [-0.05, 0) is 19.3 Å². The Morgan fingerprint density at radius 1 is 1.42 bits per heavy atom. The number of aromatic amines is 1. The van der Waals surface area contributed by atoms with Crippen molar-refractivity contribution in [3.8, 4) is 0 Å². The molecule has 2 aromatic heterocycles. The Hall–Kier alpha value is -2.71. The molecule has 0 aliphatic carbocycles. The SMILES string of the molecule is Cc1nc([C@@H]2C[C@H](NC(=O)CC(C)C)CN2C(=O)c2cn(C)cn2)n[nH]1. The second kappa shape index (κ2) is 7.27. The number of imidazole rings is 1. The molecule has 1 aliphatic heterocycles. The highest BCUT2D eigenvalue weighted by Gasteiger charge is 2.39. The zero-order valence-electron chi connectivity index (χ0n) is 15.6. The molecule has 3 rings (SSSR count). The van der Waals surface area contributed by atoms with Crippen LogP contribution in [0.3, 0.4) is 0 Å².